The smallest absolute Gasteiger partial charge is 0.321 e. The lowest BCUT2D eigenvalue weighted by Crippen LogP contribution is -2.40. The van der Waals surface area contributed by atoms with Gasteiger partial charge in [0.2, 0.25) is 0 Å². The zero-order valence-corrected chi connectivity index (χ0v) is 18.9. The first kappa shape index (κ1) is 23.1. The van der Waals surface area contributed by atoms with Crippen LogP contribution in [0.5, 0.6) is 5.75 Å². The zero-order valence-electron chi connectivity index (χ0n) is 18.9. The summed E-state index contributed by atoms with van der Waals surface area (Å²) in [4.78, 5) is 27.0. The van der Waals surface area contributed by atoms with Gasteiger partial charge in [-0.15, -0.1) is 0 Å². The van der Waals surface area contributed by atoms with E-state index in [2.05, 4.69) is 15.5 Å². The number of amides is 3. The molecule has 2 fully saturated rings. The third kappa shape index (κ3) is 5.65. The summed E-state index contributed by atoms with van der Waals surface area (Å²) in [6.45, 7) is 1.18. The molecular formula is C24H33N5O4. The van der Waals surface area contributed by atoms with Crippen LogP contribution < -0.4 is 15.8 Å². The average Bonchev–Trinajstić information content (AvgIpc) is 3.40. The molecule has 9 heteroatoms. The fraction of sp³-hybridized carbons (Fsp3) is 0.542. The molecule has 2 saturated carbocycles. The van der Waals surface area contributed by atoms with Gasteiger partial charge < -0.3 is 25.8 Å². The van der Waals surface area contributed by atoms with Gasteiger partial charge in [-0.3, -0.25) is 9.89 Å². The summed E-state index contributed by atoms with van der Waals surface area (Å²) in [5.74, 6) is 0.375. The number of hydrogen-bond donors (Lipinski definition) is 4. The van der Waals surface area contributed by atoms with Crippen LogP contribution in [0, 0.1) is 5.92 Å². The van der Waals surface area contributed by atoms with Gasteiger partial charge in [0.1, 0.15) is 5.75 Å². The second kappa shape index (κ2) is 10.2. The predicted molar refractivity (Wildman–Crippen MR) is 125 cm³/mol. The number of aliphatic hydroxyl groups is 1. The third-order valence-corrected chi connectivity index (χ3v) is 6.59. The molecule has 1 aromatic carbocycles. The van der Waals surface area contributed by atoms with Gasteiger partial charge in [-0.25, -0.2) is 4.79 Å². The van der Waals surface area contributed by atoms with Gasteiger partial charge in [0, 0.05) is 44.3 Å². The number of carbonyl (C=O) groups is 2. The van der Waals surface area contributed by atoms with E-state index in [0.29, 0.717) is 49.7 Å². The summed E-state index contributed by atoms with van der Waals surface area (Å²) in [5.41, 5.74) is 6.74. The molecule has 178 valence electrons. The van der Waals surface area contributed by atoms with Crippen LogP contribution in [-0.4, -0.2) is 57.4 Å². The summed E-state index contributed by atoms with van der Waals surface area (Å²) in [6, 6.07) is 5.20. The Hall–Kier alpha value is -3.07. The van der Waals surface area contributed by atoms with Crippen molar-refractivity contribution in [3.05, 3.63) is 30.6 Å². The minimum Gasteiger partial charge on any atom is -0.475 e. The number of aromatic amines is 1. The van der Waals surface area contributed by atoms with Crippen LogP contribution in [-0.2, 0) is 4.79 Å². The number of nitrogens with two attached hydrogens (primary N) is 1. The molecule has 5 N–H and O–H groups in total. The predicted octanol–water partition coefficient (Wildman–Crippen LogP) is 3.27. The maximum atomic E-state index is 13.2. The van der Waals surface area contributed by atoms with Crippen LogP contribution in [0.3, 0.4) is 0 Å². The summed E-state index contributed by atoms with van der Waals surface area (Å²) in [5, 5.41) is 19.1. The molecule has 9 nitrogen and oxygen atoms in total. The lowest BCUT2D eigenvalue weighted by atomic mass is 9.89. The zero-order chi connectivity index (χ0) is 23.3. The number of nitrogens with zero attached hydrogens (tertiary/aromatic N) is 2. The van der Waals surface area contributed by atoms with Crippen molar-refractivity contribution in [2.24, 2.45) is 11.7 Å². The highest BCUT2D eigenvalue weighted by Gasteiger charge is 2.52. The molecule has 0 radical (unpaired) electrons. The Morgan fingerprint density at radius 2 is 2.03 bits per heavy atom. The Bertz CT molecular complexity index is 952. The number of rotatable bonds is 10. The Morgan fingerprint density at radius 3 is 2.67 bits per heavy atom. The van der Waals surface area contributed by atoms with Gasteiger partial charge in [0.15, 0.2) is 5.60 Å². The number of urea groups is 1. The van der Waals surface area contributed by atoms with Gasteiger partial charge in [0.25, 0.3) is 5.91 Å². The monoisotopic (exact) mass is 455 g/mol. The van der Waals surface area contributed by atoms with Crippen LogP contribution in [0.25, 0.3) is 11.1 Å². The van der Waals surface area contributed by atoms with Gasteiger partial charge in [-0.2, -0.15) is 5.10 Å². The summed E-state index contributed by atoms with van der Waals surface area (Å²) in [6.07, 6.45) is 11.0. The molecule has 1 heterocycles. The number of aromatic nitrogens is 2. The van der Waals surface area contributed by atoms with Crippen molar-refractivity contribution in [2.75, 3.05) is 25.0 Å². The van der Waals surface area contributed by atoms with Crippen molar-refractivity contribution in [1.82, 2.24) is 15.1 Å². The fourth-order valence-corrected chi connectivity index (χ4v) is 4.43. The highest BCUT2D eigenvalue weighted by Crippen LogP contribution is 2.43. The van der Waals surface area contributed by atoms with Gasteiger partial charge in [0.05, 0.1) is 11.9 Å². The summed E-state index contributed by atoms with van der Waals surface area (Å²) < 4.78 is 6.08. The van der Waals surface area contributed by atoms with Gasteiger partial charge >= 0.3 is 6.03 Å². The Labute approximate surface area is 193 Å². The minimum absolute atomic E-state index is 0.0311. The van der Waals surface area contributed by atoms with Crippen molar-refractivity contribution >= 4 is 17.6 Å². The number of anilines is 1. The number of aliphatic hydroxyl groups excluding tert-OH is 1. The van der Waals surface area contributed by atoms with Crippen LogP contribution >= 0.6 is 0 Å². The van der Waals surface area contributed by atoms with Crippen molar-refractivity contribution in [3.8, 4) is 16.9 Å². The maximum absolute atomic E-state index is 13.2. The first-order valence-corrected chi connectivity index (χ1v) is 11.8. The highest BCUT2D eigenvalue weighted by atomic mass is 16.5. The van der Waals surface area contributed by atoms with Gasteiger partial charge in [-0.05, 0) is 42.9 Å². The number of H-pyrrole nitrogens is 1. The summed E-state index contributed by atoms with van der Waals surface area (Å²) in [7, 11) is 0. The molecule has 2 aliphatic rings. The first-order chi connectivity index (χ1) is 16.0. The standard InChI is InChI=1S/C24H33N5O4/c25-22(31)24(9-10-24)33-21-13-18(19-14-26-27-15-19)7-8-20(21)28-23(32)29(11-4-12-30)16-17-5-2-1-3-6-17/h7-8,13-15,17,30H,1-6,9-12,16H2,(H2,25,31)(H,26,27)(H,28,32). The molecule has 0 saturated heterocycles. The van der Waals surface area contributed by atoms with E-state index < -0.39 is 11.5 Å². The SMILES string of the molecule is NC(=O)C1(Oc2cc(-c3cn[nH]c3)ccc2NC(=O)N(CCCO)CC2CCCCC2)CC1. The maximum Gasteiger partial charge on any atom is 0.321 e. The Kier molecular flexibility index (Phi) is 7.17. The number of primary amides is 1. The van der Waals surface area contributed by atoms with Crippen LogP contribution in [0.2, 0.25) is 0 Å². The largest absolute Gasteiger partial charge is 0.475 e. The molecule has 2 aromatic rings. The van der Waals surface area contributed by atoms with E-state index in [0.717, 1.165) is 24.0 Å². The van der Waals surface area contributed by atoms with Crippen LogP contribution in [0.15, 0.2) is 30.6 Å². The van der Waals surface area contributed by atoms with E-state index >= 15 is 0 Å². The van der Waals surface area contributed by atoms with Gasteiger partial charge in [-0.1, -0.05) is 25.3 Å². The van der Waals surface area contributed by atoms with Crippen molar-refractivity contribution < 1.29 is 19.4 Å². The first-order valence-electron chi connectivity index (χ1n) is 11.8. The average molecular weight is 456 g/mol. The van der Waals surface area contributed by atoms with Crippen LogP contribution in [0.4, 0.5) is 10.5 Å². The lowest BCUT2D eigenvalue weighted by molar-refractivity contribution is -0.126. The van der Waals surface area contributed by atoms with Crippen molar-refractivity contribution in [2.45, 2.75) is 57.0 Å². The number of carbonyl (C=O) groups excluding carboxylic acids is 2. The van der Waals surface area contributed by atoms with Crippen molar-refractivity contribution in [1.29, 1.82) is 0 Å². The minimum atomic E-state index is -1.02. The second-order valence-electron chi connectivity index (χ2n) is 9.12. The van der Waals surface area contributed by atoms with E-state index in [9.17, 15) is 14.7 Å². The molecule has 0 atom stereocenters. The molecule has 3 amide bonds. The Balaban J connectivity index is 1.55. The second-order valence-corrected chi connectivity index (χ2v) is 9.12. The lowest BCUT2D eigenvalue weighted by Gasteiger charge is -2.30. The number of nitrogens with one attached hydrogen (secondary N) is 2. The molecule has 0 aliphatic heterocycles. The molecule has 0 spiro atoms. The molecule has 33 heavy (non-hydrogen) atoms. The number of ether oxygens (including phenoxy) is 1. The molecule has 0 bridgehead atoms. The fourth-order valence-electron chi connectivity index (χ4n) is 4.43. The van der Waals surface area contributed by atoms with E-state index in [4.69, 9.17) is 10.5 Å². The molecule has 0 unspecified atom stereocenters. The quantitative estimate of drug-likeness (QED) is 0.436. The summed E-state index contributed by atoms with van der Waals surface area (Å²) >= 11 is 0. The molecule has 2 aliphatic carbocycles. The third-order valence-electron chi connectivity index (χ3n) is 6.59. The van der Waals surface area contributed by atoms with Crippen LogP contribution in [0.1, 0.15) is 51.4 Å². The van der Waals surface area contributed by atoms with E-state index in [-0.39, 0.29) is 12.6 Å². The molecular weight excluding hydrogens is 422 g/mol. The molecule has 1 aromatic heterocycles. The highest BCUT2D eigenvalue weighted by molar-refractivity contribution is 5.92. The van der Waals surface area contributed by atoms with E-state index in [1.54, 1.807) is 29.4 Å². The van der Waals surface area contributed by atoms with E-state index in [1.165, 1.54) is 19.3 Å². The normalized spacial score (nSPS) is 17.4. The van der Waals surface area contributed by atoms with Crippen molar-refractivity contribution in [3.63, 3.8) is 0 Å². The molecule has 4 rings (SSSR count). The van der Waals surface area contributed by atoms with E-state index in [1.807, 2.05) is 6.07 Å². The Morgan fingerprint density at radius 1 is 1.24 bits per heavy atom. The number of hydrogen-bond acceptors (Lipinski definition) is 5. The topological polar surface area (TPSA) is 134 Å². The number of benzene rings is 1.